The molecule has 2 aromatic heterocycles. The lowest BCUT2D eigenvalue weighted by Crippen LogP contribution is -2.07. The van der Waals surface area contributed by atoms with Gasteiger partial charge < -0.3 is 0 Å². The summed E-state index contributed by atoms with van der Waals surface area (Å²) in [6, 6.07) is 13.5. The fraction of sp³-hybridized carbons (Fsp3) is 0.118. The van der Waals surface area contributed by atoms with Crippen LogP contribution in [0, 0.1) is 6.92 Å². The minimum Gasteiger partial charge on any atom is -0.232 e. The third-order valence-electron chi connectivity index (χ3n) is 3.87. The van der Waals surface area contributed by atoms with Gasteiger partial charge in [0.15, 0.2) is 0 Å². The zero-order valence-corrected chi connectivity index (χ0v) is 11.6. The summed E-state index contributed by atoms with van der Waals surface area (Å²) >= 11 is 0. The van der Waals surface area contributed by atoms with Gasteiger partial charge in [0, 0.05) is 10.8 Å². The molecule has 0 unspecified atom stereocenters. The molecule has 22 heavy (non-hydrogen) atoms. The molecule has 0 aliphatic heterocycles. The SMILES string of the molecule is Cc1ccc2c(c1)c(C(F)(F)F)cc1c3ccccc3nn21. The average Bonchev–Trinajstić information content (AvgIpc) is 2.83. The number of benzene rings is 2. The third kappa shape index (κ3) is 1.78. The molecule has 4 rings (SSSR count). The van der Waals surface area contributed by atoms with Crippen LogP contribution in [0.3, 0.4) is 0 Å². The van der Waals surface area contributed by atoms with E-state index in [2.05, 4.69) is 5.10 Å². The number of hydrogen-bond acceptors (Lipinski definition) is 1. The lowest BCUT2D eigenvalue weighted by molar-refractivity contribution is -0.136. The Morgan fingerprint density at radius 3 is 2.45 bits per heavy atom. The molecule has 0 bridgehead atoms. The van der Waals surface area contributed by atoms with Crippen molar-refractivity contribution in [1.29, 1.82) is 0 Å². The summed E-state index contributed by atoms with van der Waals surface area (Å²) in [5, 5.41) is 5.34. The van der Waals surface area contributed by atoms with Gasteiger partial charge in [0.1, 0.15) is 0 Å². The Balaban J connectivity index is 2.29. The van der Waals surface area contributed by atoms with E-state index in [0.29, 0.717) is 16.6 Å². The molecule has 0 aliphatic rings. The van der Waals surface area contributed by atoms with Crippen LogP contribution in [0.2, 0.25) is 0 Å². The molecule has 0 saturated carbocycles. The molecule has 4 aromatic rings. The van der Waals surface area contributed by atoms with E-state index in [-0.39, 0.29) is 5.39 Å². The first-order valence-electron chi connectivity index (χ1n) is 6.83. The number of alkyl halides is 3. The summed E-state index contributed by atoms with van der Waals surface area (Å²) in [4.78, 5) is 0. The zero-order chi connectivity index (χ0) is 15.5. The molecule has 0 atom stereocenters. The van der Waals surface area contributed by atoms with E-state index in [1.807, 2.05) is 6.07 Å². The van der Waals surface area contributed by atoms with Gasteiger partial charge in [-0.3, -0.25) is 0 Å². The number of fused-ring (bicyclic) bond motifs is 5. The summed E-state index contributed by atoms with van der Waals surface area (Å²) in [5.74, 6) is 0. The lowest BCUT2D eigenvalue weighted by atomic mass is 10.0. The number of hydrogen-bond donors (Lipinski definition) is 0. The van der Waals surface area contributed by atoms with Gasteiger partial charge in [-0.2, -0.15) is 18.3 Å². The van der Waals surface area contributed by atoms with Crippen LogP contribution in [-0.4, -0.2) is 9.61 Å². The molecule has 110 valence electrons. The van der Waals surface area contributed by atoms with Crippen LogP contribution in [0.4, 0.5) is 13.2 Å². The van der Waals surface area contributed by atoms with Crippen molar-refractivity contribution in [2.75, 3.05) is 0 Å². The van der Waals surface area contributed by atoms with Crippen molar-refractivity contribution in [2.45, 2.75) is 13.1 Å². The summed E-state index contributed by atoms with van der Waals surface area (Å²) in [6.07, 6.45) is -4.40. The normalized spacial score (nSPS) is 12.5. The van der Waals surface area contributed by atoms with Crippen molar-refractivity contribution in [3.63, 3.8) is 0 Å². The Bertz CT molecular complexity index is 1030. The van der Waals surface area contributed by atoms with Gasteiger partial charge in [-0.25, -0.2) is 4.52 Å². The van der Waals surface area contributed by atoms with Gasteiger partial charge in [-0.05, 0) is 31.2 Å². The fourth-order valence-corrected chi connectivity index (χ4v) is 2.87. The smallest absolute Gasteiger partial charge is 0.232 e. The van der Waals surface area contributed by atoms with Crippen LogP contribution in [0.1, 0.15) is 11.1 Å². The van der Waals surface area contributed by atoms with E-state index in [1.165, 1.54) is 6.07 Å². The second-order valence-corrected chi connectivity index (χ2v) is 5.39. The molecule has 2 nitrogen and oxygen atoms in total. The molecule has 0 aliphatic carbocycles. The molecule has 2 aromatic carbocycles. The van der Waals surface area contributed by atoms with Crippen molar-refractivity contribution in [1.82, 2.24) is 9.61 Å². The molecule has 0 N–H and O–H groups in total. The topological polar surface area (TPSA) is 17.3 Å². The lowest BCUT2D eigenvalue weighted by Gasteiger charge is -2.12. The highest BCUT2D eigenvalue weighted by Gasteiger charge is 2.33. The maximum atomic E-state index is 13.5. The largest absolute Gasteiger partial charge is 0.417 e. The third-order valence-corrected chi connectivity index (χ3v) is 3.87. The predicted molar refractivity (Wildman–Crippen MR) is 79.9 cm³/mol. The van der Waals surface area contributed by atoms with Crippen molar-refractivity contribution in [2.24, 2.45) is 0 Å². The second kappa shape index (κ2) is 4.22. The Kier molecular flexibility index (Phi) is 2.52. The molecule has 5 heteroatoms. The number of aromatic nitrogens is 2. The summed E-state index contributed by atoms with van der Waals surface area (Å²) in [6.45, 7) is 1.78. The van der Waals surface area contributed by atoms with Gasteiger partial charge in [0.2, 0.25) is 0 Å². The molecular formula is C17H11F3N2. The second-order valence-electron chi connectivity index (χ2n) is 5.39. The molecule has 0 radical (unpaired) electrons. The highest BCUT2D eigenvalue weighted by molar-refractivity contribution is 5.99. The number of nitrogens with zero attached hydrogens (tertiary/aromatic N) is 2. The van der Waals surface area contributed by atoms with E-state index in [0.717, 1.165) is 10.9 Å². The van der Waals surface area contributed by atoms with Gasteiger partial charge in [-0.15, -0.1) is 0 Å². The Morgan fingerprint density at radius 2 is 1.68 bits per heavy atom. The number of halogens is 3. The molecular weight excluding hydrogens is 289 g/mol. The zero-order valence-electron chi connectivity index (χ0n) is 11.6. The number of pyridine rings is 1. The standard InChI is InChI=1S/C17H11F3N2/c1-10-6-7-15-12(8-10)13(17(18,19)20)9-16-11-4-2-3-5-14(11)21-22(15)16/h2-9H,1H3. The van der Waals surface area contributed by atoms with Gasteiger partial charge in [0.05, 0.1) is 22.1 Å². The molecule has 0 spiro atoms. The summed E-state index contributed by atoms with van der Waals surface area (Å²) in [5.41, 5.74) is 1.79. The number of rotatable bonds is 0. The Morgan fingerprint density at radius 1 is 0.909 bits per heavy atom. The van der Waals surface area contributed by atoms with Crippen LogP contribution < -0.4 is 0 Å². The average molecular weight is 300 g/mol. The van der Waals surface area contributed by atoms with Gasteiger partial charge in [0.25, 0.3) is 0 Å². The minimum atomic E-state index is -4.40. The highest BCUT2D eigenvalue weighted by Crippen LogP contribution is 2.37. The first-order chi connectivity index (χ1) is 10.4. The van der Waals surface area contributed by atoms with Crippen molar-refractivity contribution < 1.29 is 13.2 Å². The highest BCUT2D eigenvalue weighted by atomic mass is 19.4. The first kappa shape index (κ1) is 13.1. The van der Waals surface area contributed by atoms with Gasteiger partial charge >= 0.3 is 6.18 Å². The van der Waals surface area contributed by atoms with E-state index >= 15 is 0 Å². The quantitative estimate of drug-likeness (QED) is 0.448. The van der Waals surface area contributed by atoms with Gasteiger partial charge in [-0.1, -0.05) is 29.8 Å². The van der Waals surface area contributed by atoms with E-state index in [9.17, 15) is 13.2 Å². The molecule has 2 heterocycles. The first-order valence-corrected chi connectivity index (χ1v) is 6.83. The minimum absolute atomic E-state index is 0.174. The molecule has 0 fully saturated rings. The van der Waals surface area contributed by atoms with Crippen LogP contribution >= 0.6 is 0 Å². The van der Waals surface area contributed by atoms with Crippen LogP contribution in [0.5, 0.6) is 0 Å². The van der Waals surface area contributed by atoms with Crippen molar-refractivity contribution in [3.8, 4) is 0 Å². The molecule has 0 amide bonds. The monoisotopic (exact) mass is 300 g/mol. The predicted octanol–water partition coefficient (Wildman–Crippen LogP) is 4.97. The van der Waals surface area contributed by atoms with Crippen LogP contribution in [-0.2, 0) is 6.18 Å². The Labute approximate surface area is 123 Å². The van der Waals surface area contributed by atoms with Crippen LogP contribution in [0.15, 0.2) is 48.5 Å². The van der Waals surface area contributed by atoms with Crippen LogP contribution in [0.25, 0.3) is 27.3 Å². The maximum Gasteiger partial charge on any atom is 0.417 e. The van der Waals surface area contributed by atoms with E-state index in [1.54, 1.807) is 47.8 Å². The Hall–Kier alpha value is -2.56. The van der Waals surface area contributed by atoms with Crippen molar-refractivity contribution >= 4 is 27.3 Å². The molecule has 0 saturated heterocycles. The fourth-order valence-electron chi connectivity index (χ4n) is 2.87. The number of aryl methyl sites for hydroxylation is 1. The van der Waals surface area contributed by atoms with E-state index in [4.69, 9.17) is 0 Å². The van der Waals surface area contributed by atoms with E-state index < -0.39 is 11.7 Å². The van der Waals surface area contributed by atoms with Crippen molar-refractivity contribution in [3.05, 3.63) is 59.7 Å². The summed E-state index contributed by atoms with van der Waals surface area (Å²) < 4.78 is 42.0. The summed E-state index contributed by atoms with van der Waals surface area (Å²) in [7, 11) is 0. The maximum absolute atomic E-state index is 13.5.